The molecule has 5 heteroatoms. The lowest BCUT2D eigenvalue weighted by atomic mass is 10.1. The highest BCUT2D eigenvalue weighted by Gasteiger charge is 2.24. The Labute approximate surface area is 138 Å². The van der Waals surface area contributed by atoms with Crippen LogP contribution in [0.2, 0.25) is 0 Å². The second-order valence-electron chi connectivity index (χ2n) is 5.29. The van der Waals surface area contributed by atoms with Crippen molar-refractivity contribution in [3.8, 4) is 0 Å². The fourth-order valence-electron chi connectivity index (χ4n) is 2.16. The van der Waals surface area contributed by atoms with Crippen molar-refractivity contribution < 1.29 is 9.18 Å². The molecule has 0 bridgehead atoms. The molecule has 2 aromatic rings. The Morgan fingerprint density at radius 2 is 1.96 bits per heavy atom. The Bertz CT molecular complexity index is 843. The first-order chi connectivity index (χ1) is 11.0. The van der Waals surface area contributed by atoms with Crippen molar-refractivity contribution in [2.75, 3.05) is 0 Å². The van der Waals surface area contributed by atoms with Gasteiger partial charge >= 0.3 is 0 Å². The number of nitrogens with zero attached hydrogens (tertiary/aromatic N) is 1. The van der Waals surface area contributed by atoms with Crippen LogP contribution in [0.3, 0.4) is 0 Å². The normalized spacial score (nSPS) is 17.8. The molecule has 0 unspecified atom stereocenters. The summed E-state index contributed by atoms with van der Waals surface area (Å²) in [5, 5.41) is 3.23. The van der Waals surface area contributed by atoms with Gasteiger partial charge in [-0.2, -0.15) is 0 Å². The molecular weight excluding hydrogens is 311 g/mol. The first-order valence-corrected chi connectivity index (χ1v) is 7.96. The Morgan fingerprint density at radius 3 is 2.74 bits per heavy atom. The highest BCUT2D eigenvalue weighted by molar-refractivity contribution is 8.18. The molecule has 23 heavy (non-hydrogen) atoms. The predicted molar refractivity (Wildman–Crippen MR) is 93.1 cm³/mol. The van der Waals surface area contributed by atoms with E-state index in [1.54, 1.807) is 24.3 Å². The van der Waals surface area contributed by atoms with Crippen LogP contribution < -0.4 is 5.32 Å². The average molecular weight is 326 g/mol. The highest BCUT2D eigenvalue weighted by atomic mass is 32.2. The van der Waals surface area contributed by atoms with Crippen LogP contribution >= 0.6 is 11.8 Å². The van der Waals surface area contributed by atoms with Gasteiger partial charge < -0.3 is 5.32 Å². The van der Waals surface area contributed by atoms with Crippen molar-refractivity contribution in [2.45, 2.75) is 13.8 Å². The molecule has 0 aliphatic carbocycles. The maximum Gasteiger partial charge on any atom is 0.264 e. The van der Waals surface area contributed by atoms with Crippen LogP contribution in [0, 0.1) is 19.7 Å². The molecular formula is C18H15FN2OS. The van der Waals surface area contributed by atoms with E-state index in [4.69, 9.17) is 0 Å². The minimum Gasteiger partial charge on any atom is -0.300 e. The van der Waals surface area contributed by atoms with Gasteiger partial charge in [0.05, 0.1) is 10.6 Å². The molecule has 3 rings (SSSR count). The summed E-state index contributed by atoms with van der Waals surface area (Å²) in [6, 6.07) is 12.3. The van der Waals surface area contributed by atoms with Gasteiger partial charge in [-0.15, -0.1) is 0 Å². The lowest BCUT2D eigenvalue weighted by Gasteiger charge is -2.02. The van der Waals surface area contributed by atoms with Crippen LogP contribution in [0.25, 0.3) is 6.08 Å². The molecule has 1 amide bonds. The zero-order chi connectivity index (χ0) is 16.4. The number of amidine groups is 1. The third-order valence-electron chi connectivity index (χ3n) is 3.43. The second kappa shape index (κ2) is 6.38. The molecule has 1 aliphatic rings. The topological polar surface area (TPSA) is 41.5 Å². The quantitative estimate of drug-likeness (QED) is 0.834. The number of aryl methyl sites for hydroxylation is 2. The van der Waals surface area contributed by atoms with Crippen molar-refractivity contribution in [3.05, 3.63) is 69.9 Å². The number of hydrogen-bond acceptors (Lipinski definition) is 3. The molecule has 0 aromatic heterocycles. The lowest BCUT2D eigenvalue weighted by Crippen LogP contribution is -2.19. The molecule has 0 atom stereocenters. The van der Waals surface area contributed by atoms with Crippen LogP contribution in [0.5, 0.6) is 0 Å². The maximum atomic E-state index is 13.7. The first-order valence-electron chi connectivity index (χ1n) is 7.14. The Morgan fingerprint density at radius 1 is 1.17 bits per heavy atom. The summed E-state index contributed by atoms with van der Waals surface area (Å²) < 4.78 is 13.7. The van der Waals surface area contributed by atoms with Crippen LogP contribution in [0.15, 0.2) is 52.4 Å². The van der Waals surface area contributed by atoms with E-state index in [9.17, 15) is 9.18 Å². The van der Waals surface area contributed by atoms with E-state index >= 15 is 0 Å². The van der Waals surface area contributed by atoms with Crippen LogP contribution in [0.1, 0.15) is 16.7 Å². The van der Waals surface area contributed by atoms with Crippen LogP contribution in [-0.4, -0.2) is 11.1 Å². The van der Waals surface area contributed by atoms with Gasteiger partial charge in [-0.1, -0.05) is 30.3 Å². The zero-order valence-corrected chi connectivity index (χ0v) is 13.6. The standard InChI is InChI=1S/C18H15FN2OS/c1-11-7-8-12(2)15(9-11)20-18-21-17(22)16(23-18)10-13-5-3-4-6-14(13)19/h3-10H,1-2H3,(H,20,21,22). The number of aliphatic imine (C=N–C) groups is 1. The van der Waals surface area contributed by atoms with E-state index in [0.29, 0.717) is 15.6 Å². The van der Waals surface area contributed by atoms with Gasteiger partial charge in [-0.25, -0.2) is 9.38 Å². The van der Waals surface area contributed by atoms with Crippen molar-refractivity contribution in [1.29, 1.82) is 0 Å². The molecule has 3 nitrogen and oxygen atoms in total. The number of rotatable bonds is 2. The summed E-state index contributed by atoms with van der Waals surface area (Å²) >= 11 is 1.22. The lowest BCUT2D eigenvalue weighted by molar-refractivity contribution is -0.115. The summed E-state index contributed by atoms with van der Waals surface area (Å²) in [6.45, 7) is 3.96. The molecule has 1 N–H and O–H groups in total. The SMILES string of the molecule is Cc1ccc(C)c(N=C2NC(=O)C(=Cc3ccccc3F)S2)c1. The third kappa shape index (κ3) is 3.51. The Balaban J connectivity index is 1.89. The number of carbonyl (C=O) groups excluding carboxylic acids is 1. The molecule has 1 aliphatic heterocycles. The summed E-state index contributed by atoms with van der Waals surface area (Å²) in [6.07, 6.45) is 1.54. The average Bonchev–Trinajstić information content (AvgIpc) is 2.85. The van der Waals surface area contributed by atoms with Crippen molar-refractivity contribution in [3.63, 3.8) is 0 Å². The molecule has 2 aromatic carbocycles. The smallest absolute Gasteiger partial charge is 0.264 e. The zero-order valence-electron chi connectivity index (χ0n) is 12.8. The van der Waals surface area contributed by atoms with E-state index < -0.39 is 0 Å². The van der Waals surface area contributed by atoms with Crippen LogP contribution in [0.4, 0.5) is 10.1 Å². The van der Waals surface area contributed by atoms with Crippen molar-refractivity contribution >= 4 is 34.6 Å². The number of thioether (sulfide) groups is 1. The number of halogens is 1. The van der Waals surface area contributed by atoms with Gasteiger partial charge in [0, 0.05) is 5.56 Å². The van der Waals surface area contributed by atoms with Gasteiger partial charge in [-0.3, -0.25) is 4.79 Å². The molecule has 0 radical (unpaired) electrons. The first kappa shape index (κ1) is 15.5. The molecule has 1 heterocycles. The van der Waals surface area contributed by atoms with Gasteiger partial charge in [-0.05, 0) is 54.9 Å². The molecule has 1 fully saturated rings. The van der Waals surface area contributed by atoms with Crippen LogP contribution in [-0.2, 0) is 4.79 Å². The molecule has 116 valence electrons. The van der Waals surface area contributed by atoms with Gasteiger partial charge in [0.15, 0.2) is 5.17 Å². The summed E-state index contributed by atoms with van der Waals surface area (Å²) in [5.74, 6) is -0.615. The number of nitrogens with one attached hydrogen (secondary N) is 1. The van der Waals surface area contributed by atoms with E-state index in [1.165, 1.54) is 17.8 Å². The van der Waals surface area contributed by atoms with E-state index in [1.807, 2.05) is 32.0 Å². The third-order valence-corrected chi connectivity index (χ3v) is 4.34. The number of carbonyl (C=O) groups is 1. The Hall–Kier alpha value is -2.40. The molecule has 1 saturated heterocycles. The predicted octanol–water partition coefficient (Wildman–Crippen LogP) is 4.33. The molecule has 0 saturated carbocycles. The highest BCUT2D eigenvalue weighted by Crippen LogP contribution is 2.29. The minimum atomic E-state index is -0.353. The van der Waals surface area contributed by atoms with Gasteiger partial charge in [0.1, 0.15) is 5.82 Å². The summed E-state index contributed by atoms with van der Waals surface area (Å²) in [5.41, 5.74) is 3.34. The maximum absolute atomic E-state index is 13.7. The fraction of sp³-hybridized carbons (Fsp3) is 0.111. The van der Waals surface area contributed by atoms with E-state index in [0.717, 1.165) is 16.8 Å². The summed E-state index contributed by atoms with van der Waals surface area (Å²) in [4.78, 5) is 17.0. The van der Waals surface area contributed by atoms with Gasteiger partial charge in [0.25, 0.3) is 5.91 Å². The minimum absolute atomic E-state index is 0.262. The monoisotopic (exact) mass is 326 g/mol. The number of hydrogen-bond donors (Lipinski definition) is 1. The molecule has 0 spiro atoms. The number of benzene rings is 2. The second-order valence-corrected chi connectivity index (χ2v) is 6.32. The summed E-state index contributed by atoms with van der Waals surface area (Å²) in [7, 11) is 0. The van der Waals surface area contributed by atoms with Crippen molar-refractivity contribution in [2.24, 2.45) is 4.99 Å². The van der Waals surface area contributed by atoms with E-state index in [-0.39, 0.29) is 11.7 Å². The van der Waals surface area contributed by atoms with Crippen molar-refractivity contribution in [1.82, 2.24) is 5.32 Å². The largest absolute Gasteiger partial charge is 0.300 e. The van der Waals surface area contributed by atoms with Gasteiger partial charge in [0.2, 0.25) is 0 Å². The number of amides is 1. The Kier molecular flexibility index (Phi) is 4.30. The van der Waals surface area contributed by atoms with E-state index in [2.05, 4.69) is 10.3 Å². The fourth-order valence-corrected chi connectivity index (χ4v) is 2.99.